The zero-order valence-electron chi connectivity index (χ0n) is 13.9. The molecule has 0 saturated heterocycles. The first-order chi connectivity index (χ1) is 11.6. The lowest BCUT2D eigenvalue weighted by Gasteiger charge is -2.16. The fourth-order valence-corrected chi connectivity index (χ4v) is 2.61. The highest BCUT2D eigenvalue weighted by atomic mass is 16.4. The first-order valence-corrected chi connectivity index (χ1v) is 8.27. The van der Waals surface area contributed by atoms with Gasteiger partial charge in [-0.25, -0.2) is 4.79 Å². The van der Waals surface area contributed by atoms with E-state index >= 15 is 0 Å². The molecule has 0 fully saturated rings. The molecule has 0 aliphatic heterocycles. The van der Waals surface area contributed by atoms with E-state index in [-0.39, 0.29) is 12.3 Å². The maximum Gasteiger partial charge on any atom is 0.326 e. The molecule has 1 amide bonds. The Kier molecular flexibility index (Phi) is 6.55. The Bertz CT molecular complexity index is 682. The predicted molar refractivity (Wildman–Crippen MR) is 94.1 cm³/mol. The number of hydrogen-bond acceptors (Lipinski definition) is 2. The third-order valence-corrected chi connectivity index (χ3v) is 3.95. The summed E-state index contributed by atoms with van der Waals surface area (Å²) in [6, 6.07) is 15.7. The highest BCUT2D eigenvalue weighted by Crippen LogP contribution is 2.13. The van der Waals surface area contributed by atoms with Gasteiger partial charge >= 0.3 is 5.97 Å². The van der Waals surface area contributed by atoms with Crippen LogP contribution < -0.4 is 5.32 Å². The van der Waals surface area contributed by atoms with Crippen LogP contribution in [0.4, 0.5) is 0 Å². The summed E-state index contributed by atoms with van der Waals surface area (Å²) in [5, 5.41) is 12.1. The lowest BCUT2D eigenvalue weighted by atomic mass is 10.0. The van der Waals surface area contributed by atoms with Gasteiger partial charge in [0.15, 0.2) is 0 Å². The monoisotopic (exact) mass is 325 g/mol. The topological polar surface area (TPSA) is 66.4 Å². The molecule has 2 N–H and O–H groups in total. The summed E-state index contributed by atoms with van der Waals surface area (Å²) in [4.78, 5) is 24.1. The first kappa shape index (κ1) is 17.7. The number of carboxylic acids is 1. The predicted octanol–water partition coefficient (Wildman–Crippen LogP) is 3.45. The highest BCUT2D eigenvalue weighted by Gasteiger charge is 2.22. The molecule has 0 radical (unpaired) electrons. The molecular weight excluding hydrogens is 302 g/mol. The van der Waals surface area contributed by atoms with Crippen LogP contribution in [0.1, 0.15) is 41.3 Å². The quantitative estimate of drug-likeness (QED) is 0.781. The van der Waals surface area contributed by atoms with Gasteiger partial charge in [0.25, 0.3) is 5.91 Å². The molecule has 0 heterocycles. The minimum Gasteiger partial charge on any atom is -0.480 e. The van der Waals surface area contributed by atoms with E-state index in [1.54, 1.807) is 12.1 Å². The summed E-state index contributed by atoms with van der Waals surface area (Å²) >= 11 is 0. The SMILES string of the molecule is CCCCc1ccccc1C(=O)N[C@@H](Cc1ccccc1)C(=O)O. The van der Waals surface area contributed by atoms with E-state index in [9.17, 15) is 14.7 Å². The number of amides is 1. The van der Waals surface area contributed by atoms with Crippen LogP contribution in [-0.4, -0.2) is 23.0 Å². The minimum absolute atomic E-state index is 0.263. The summed E-state index contributed by atoms with van der Waals surface area (Å²) in [7, 11) is 0. The molecule has 126 valence electrons. The normalized spacial score (nSPS) is 11.7. The van der Waals surface area contributed by atoms with Crippen LogP contribution in [0.25, 0.3) is 0 Å². The summed E-state index contributed by atoms with van der Waals surface area (Å²) in [6.45, 7) is 2.10. The van der Waals surface area contributed by atoms with Crippen molar-refractivity contribution >= 4 is 11.9 Å². The van der Waals surface area contributed by atoms with Gasteiger partial charge in [-0.05, 0) is 30.0 Å². The molecule has 0 aliphatic carbocycles. The maximum atomic E-state index is 12.6. The molecular formula is C20H23NO3. The molecule has 0 saturated carbocycles. The minimum atomic E-state index is -1.03. The number of rotatable bonds is 8. The zero-order valence-corrected chi connectivity index (χ0v) is 13.9. The summed E-state index contributed by atoms with van der Waals surface area (Å²) in [5.74, 6) is -1.36. The van der Waals surface area contributed by atoms with Gasteiger partial charge in [-0.15, -0.1) is 0 Å². The van der Waals surface area contributed by atoms with Crippen LogP contribution in [0.15, 0.2) is 54.6 Å². The summed E-state index contributed by atoms with van der Waals surface area (Å²) in [5.41, 5.74) is 2.40. The molecule has 2 rings (SSSR count). The van der Waals surface area contributed by atoms with E-state index in [0.717, 1.165) is 30.4 Å². The fraction of sp³-hybridized carbons (Fsp3) is 0.300. The van der Waals surface area contributed by atoms with Gasteiger partial charge in [-0.3, -0.25) is 4.79 Å². The molecule has 2 aromatic carbocycles. The van der Waals surface area contributed by atoms with Crippen molar-refractivity contribution in [3.63, 3.8) is 0 Å². The van der Waals surface area contributed by atoms with Crippen molar-refractivity contribution in [1.82, 2.24) is 5.32 Å². The van der Waals surface area contributed by atoms with E-state index < -0.39 is 12.0 Å². The lowest BCUT2D eigenvalue weighted by Crippen LogP contribution is -2.42. The van der Waals surface area contributed by atoms with Crippen molar-refractivity contribution in [1.29, 1.82) is 0 Å². The van der Waals surface area contributed by atoms with Crippen molar-refractivity contribution in [2.75, 3.05) is 0 Å². The van der Waals surface area contributed by atoms with E-state index in [0.29, 0.717) is 5.56 Å². The van der Waals surface area contributed by atoms with Gasteiger partial charge in [-0.1, -0.05) is 61.9 Å². The van der Waals surface area contributed by atoms with Crippen molar-refractivity contribution in [2.24, 2.45) is 0 Å². The van der Waals surface area contributed by atoms with Gasteiger partial charge in [0.1, 0.15) is 6.04 Å². The Labute approximate surface area is 142 Å². The largest absolute Gasteiger partial charge is 0.480 e. The maximum absolute atomic E-state index is 12.6. The second-order valence-corrected chi connectivity index (χ2v) is 5.81. The number of carbonyl (C=O) groups is 2. The van der Waals surface area contributed by atoms with Crippen molar-refractivity contribution in [3.05, 3.63) is 71.3 Å². The number of carboxylic acid groups (broad SMARTS) is 1. The number of benzene rings is 2. The van der Waals surface area contributed by atoms with Crippen LogP contribution in [-0.2, 0) is 17.6 Å². The third-order valence-electron chi connectivity index (χ3n) is 3.95. The van der Waals surface area contributed by atoms with Crippen molar-refractivity contribution in [2.45, 2.75) is 38.6 Å². The molecule has 0 bridgehead atoms. The summed E-state index contributed by atoms with van der Waals surface area (Å²) < 4.78 is 0. The van der Waals surface area contributed by atoms with Crippen molar-refractivity contribution in [3.8, 4) is 0 Å². The number of aryl methyl sites for hydroxylation is 1. The molecule has 4 nitrogen and oxygen atoms in total. The van der Waals surface area contributed by atoms with Crippen molar-refractivity contribution < 1.29 is 14.7 Å². The summed E-state index contributed by atoms with van der Waals surface area (Å²) in [6.07, 6.45) is 3.12. The molecule has 1 atom stereocenters. The van der Waals surface area contributed by atoms with Crippen LogP contribution in [0, 0.1) is 0 Å². The van der Waals surface area contributed by atoms with E-state index in [2.05, 4.69) is 12.2 Å². The van der Waals surface area contributed by atoms with Gasteiger partial charge in [0, 0.05) is 12.0 Å². The number of aliphatic carboxylic acids is 1. The molecule has 2 aromatic rings. The number of carbonyl (C=O) groups excluding carboxylic acids is 1. The van der Waals surface area contributed by atoms with Gasteiger partial charge in [0.2, 0.25) is 0 Å². The zero-order chi connectivity index (χ0) is 17.4. The van der Waals surface area contributed by atoms with E-state index in [4.69, 9.17) is 0 Å². The average molecular weight is 325 g/mol. The standard InChI is InChI=1S/C20H23NO3/c1-2-3-11-16-12-7-8-13-17(16)19(22)21-18(20(23)24)14-15-9-5-4-6-10-15/h4-10,12-13,18H,2-3,11,14H2,1H3,(H,21,22)(H,23,24)/t18-/m0/s1. The second kappa shape index (κ2) is 8.87. The second-order valence-electron chi connectivity index (χ2n) is 5.81. The molecule has 0 aromatic heterocycles. The lowest BCUT2D eigenvalue weighted by molar-refractivity contribution is -0.139. The van der Waals surface area contributed by atoms with Crippen LogP contribution in [0.2, 0.25) is 0 Å². The fourth-order valence-electron chi connectivity index (χ4n) is 2.61. The number of hydrogen-bond donors (Lipinski definition) is 2. The highest BCUT2D eigenvalue weighted by molar-refractivity contribution is 5.97. The van der Waals surface area contributed by atoms with E-state index in [1.807, 2.05) is 42.5 Å². The number of unbranched alkanes of at least 4 members (excludes halogenated alkanes) is 1. The van der Waals surface area contributed by atoms with E-state index in [1.165, 1.54) is 0 Å². The molecule has 0 aliphatic rings. The Morgan fingerprint density at radius 2 is 1.71 bits per heavy atom. The number of nitrogens with one attached hydrogen (secondary N) is 1. The Morgan fingerprint density at radius 3 is 2.38 bits per heavy atom. The Hall–Kier alpha value is -2.62. The van der Waals surface area contributed by atoms with Crippen LogP contribution in [0.5, 0.6) is 0 Å². The van der Waals surface area contributed by atoms with Crippen LogP contribution >= 0.6 is 0 Å². The van der Waals surface area contributed by atoms with Gasteiger partial charge in [-0.2, -0.15) is 0 Å². The molecule has 0 unspecified atom stereocenters. The smallest absolute Gasteiger partial charge is 0.326 e. The average Bonchev–Trinajstić information content (AvgIpc) is 2.60. The van der Waals surface area contributed by atoms with Gasteiger partial charge in [0.05, 0.1) is 0 Å². The molecule has 24 heavy (non-hydrogen) atoms. The third kappa shape index (κ3) is 4.95. The Morgan fingerprint density at radius 1 is 1.04 bits per heavy atom. The molecule has 4 heteroatoms. The van der Waals surface area contributed by atoms with Gasteiger partial charge < -0.3 is 10.4 Å². The van der Waals surface area contributed by atoms with Crippen LogP contribution in [0.3, 0.4) is 0 Å². The first-order valence-electron chi connectivity index (χ1n) is 8.27. The molecule has 0 spiro atoms. The Balaban J connectivity index is 2.12.